The molecule has 0 radical (unpaired) electrons. The number of benzene rings is 1. The Labute approximate surface area is 127 Å². The predicted octanol–water partition coefficient (Wildman–Crippen LogP) is 3.28. The number of halogens is 2. The van der Waals surface area contributed by atoms with E-state index in [-0.39, 0.29) is 6.61 Å². The summed E-state index contributed by atoms with van der Waals surface area (Å²) >= 11 is 12.0. The molecule has 0 bridgehead atoms. The van der Waals surface area contributed by atoms with Crippen LogP contribution in [0.5, 0.6) is 11.5 Å². The van der Waals surface area contributed by atoms with Gasteiger partial charge >= 0.3 is 0 Å². The fourth-order valence-corrected chi connectivity index (χ4v) is 2.23. The zero-order chi connectivity index (χ0) is 14.5. The molecule has 1 heterocycles. The van der Waals surface area contributed by atoms with Gasteiger partial charge < -0.3 is 9.47 Å². The van der Waals surface area contributed by atoms with Crippen molar-refractivity contribution in [1.82, 2.24) is 14.8 Å². The summed E-state index contributed by atoms with van der Waals surface area (Å²) in [4.78, 5) is 4.14. The van der Waals surface area contributed by atoms with Gasteiger partial charge in [-0.05, 0) is 24.6 Å². The van der Waals surface area contributed by atoms with Crippen molar-refractivity contribution in [2.75, 3.05) is 7.11 Å². The third-order valence-corrected chi connectivity index (χ3v) is 3.37. The Kier molecular flexibility index (Phi) is 5.09. The standard InChI is InChI=1S/C13H15Cl2N3O2/c1-3-18-12(16-8-17-18)7-20-13-10(15)4-9(6-14)5-11(13)19-2/h4-5,8H,3,6-7H2,1-2H3. The highest BCUT2D eigenvalue weighted by Crippen LogP contribution is 2.37. The van der Waals surface area contributed by atoms with E-state index in [0.717, 1.165) is 17.9 Å². The minimum atomic E-state index is 0.268. The number of hydrogen-bond acceptors (Lipinski definition) is 4. The number of aryl methyl sites for hydroxylation is 1. The van der Waals surface area contributed by atoms with E-state index in [2.05, 4.69) is 10.1 Å². The predicted molar refractivity (Wildman–Crippen MR) is 77.6 cm³/mol. The van der Waals surface area contributed by atoms with Crippen LogP contribution >= 0.6 is 23.2 Å². The molecule has 2 rings (SSSR count). The van der Waals surface area contributed by atoms with E-state index in [1.807, 2.05) is 6.92 Å². The highest BCUT2D eigenvalue weighted by atomic mass is 35.5. The Balaban J connectivity index is 2.21. The fourth-order valence-electron chi connectivity index (χ4n) is 1.79. The summed E-state index contributed by atoms with van der Waals surface area (Å²) in [6.45, 7) is 2.99. The normalized spacial score (nSPS) is 10.6. The SMILES string of the molecule is CCn1ncnc1COc1c(Cl)cc(CCl)cc1OC. The molecule has 5 nitrogen and oxygen atoms in total. The van der Waals surface area contributed by atoms with E-state index in [0.29, 0.717) is 22.4 Å². The summed E-state index contributed by atoms with van der Waals surface area (Å²) in [7, 11) is 1.56. The number of methoxy groups -OCH3 is 1. The van der Waals surface area contributed by atoms with E-state index < -0.39 is 0 Å². The quantitative estimate of drug-likeness (QED) is 0.768. The van der Waals surface area contributed by atoms with Crippen molar-refractivity contribution in [2.24, 2.45) is 0 Å². The van der Waals surface area contributed by atoms with E-state index in [1.54, 1.807) is 23.9 Å². The molecule has 0 aliphatic heterocycles. The van der Waals surface area contributed by atoms with Crippen LogP contribution < -0.4 is 9.47 Å². The lowest BCUT2D eigenvalue weighted by atomic mass is 10.2. The first kappa shape index (κ1) is 14.9. The largest absolute Gasteiger partial charge is 0.493 e. The molecule has 20 heavy (non-hydrogen) atoms. The molecule has 0 saturated heterocycles. The van der Waals surface area contributed by atoms with Gasteiger partial charge in [-0.1, -0.05) is 11.6 Å². The van der Waals surface area contributed by atoms with Crippen molar-refractivity contribution in [1.29, 1.82) is 0 Å². The lowest BCUT2D eigenvalue weighted by Gasteiger charge is -2.13. The van der Waals surface area contributed by atoms with E-state index >= 15 is 0 Å². The van der Waals surface area contributed by atoms with Crippen LogP contribution in [0.25, 0.3) is 0 Å². The van der Waals surface area contributed by atoms with E-state index in [1.165, 1.54) is 6.33 Å². The molecule has 0 N–H and O–H groups in total. The third-order valence-electron chi connectivity index (χ3n) is 2.78. The Bertz CT molecular complexity index is 587. The second-order valence-electron chi connectivity index (χ2n) is 4.02. The van der Waals surface area contributed by atoms with Gasteiger partial charge in [-0.15, -0.1) is 11.6 Å². The zero-order valence-electron chi connectivity index (χ0n) is 11.3. The van der Waals surface area contributed by atoms with Crippen molar-refractivity contribution in [3.8, 4) is 11.5 Å². The van der Waals surface area contributed by atoms with Gasteiger partial charge in [-0.3, -0.25) is 0 Å². The molecular formula is C13H15Cl2N3O2. The van der Waals surface area contributed by atoms with Crippen LogP contribution in [-0.2, 0) is 19.0 Å². The maximum atomic E-state index is 6.20. The number of hydrogen-bond donors (Lipinski definition) is 0. The van der Waals surface area contributed by atoms with Crippen LogP contribution in [0.4, 0.5) is 0 Å². The minimum Gasteiger partial charge on any atom is -0.493 e. The molecule has 0 atom stereocenters. The van der Waals surface area contributed by atoms with Gasteiger partial charge in [0, 0.05) is 12.4 Å². The molecule has 108 valence electrons. The van der Waals surface area contributed by atoms with Gasteiger partial charge in [0.25, 0.3) is 0 Å². The highest BCUT2D eigenvalue weighted by molar-refractivity contribution is 6.32. The molecule has 7 heteroatoms. The number of alkyl halides is 1. The van der Waals surface area contributed by atoms with Crippen molar-refractivity contribution >= 4 is 23.2 Å². The maximum Gasteiger partial charge on any atom is 0.180 e. The summed E-state index contributed by atoms with van der Waals surface area (Å²) in [5, 5.41) is 4.54. The van der Waals surface area contributed by atoms with Crippen LogP contribution in [0, 0.1) is 0 Å². The minimum absolute atomic E-state index is 0.268. The van der Waals surface area contributed by atoms with Crippen molar-refractivity contribution in [3.63, 3.8) is 0 Å². The lowest BCUT2D eigenvalue weighted by Crippen LogP contribution is -2.08. The van der Waals surface area contributed by atoms with Crippen molar-refractivity contribution < 1.29 is 9.47 Å². The van der Waals surface area contributed by atoms with Gasteiger partial charge in [0.1, 0.15) is 12.9 Å². The molecule has 0 aliphatic rings. The molecule has 1 aromatic carbocycles. The molecule has 1 aromatic heterocycles. The Morgan fingerprint density at radius 2 is 2.15 bits per heavy atom. The molecule has 0 unspecified atom stereocenters. The average molecular weight is 316 g/mol. The van der Waals surface area contributed by atoms with E-state index in [9.17, 15) is 0 Å². The Morgan fingerprint density at radius 3 is 2.80 bits per heavy atom. The zero-order valence-corrected chi connectivity index (χ0v) is 12.8. The third kappa shape index (κ3) is 3.16. The monoisotopic (exact) mass is 315 g/mol. The Hall–Kier alpha value is -1.46. The van der Waals surface area contributed by atoms with Gasteiger partial charge in [0.2, 0.25) is 0 Å². The molecule has 0 spiro atoms. The number of rotatable bonds is 6. The van der Waals surface area contributed by atoms with Crippen molar-refractivity contribution in [3.05, 3.63) is 34.9 Å². The first-order valence-electron chi connectivity index (χ1n) is 6.11. The highest BCUT2D eigenvalue weighted by Gasteiger charge is 2.13. The molecular weight excluding hydrogens is 301 g/mol. The fraction of sp³-hybridized carbons (Fsp3) is 0.385. The topological polar surface area (TPSA) is 49.2 Å². The molecule has 0 saturated carbocycles. The molecule has 0 amide bonds. The van der Waals surface area contributed by atoms with Crippen LogP contribution in [-0.4, -0.2) is 21.9 Å². The average Bonchev–Trinajstić information content (AvgIpc) is 2.92. The van der Waals surface area contributed by atoms with Crippen LogP contribution in [0.2, 0.25) is 5.02 Å². The summed E-state index contributed by atoms with van der Waals surface area (Å²) in [6, 6.07) is 3.57. The number of aromatic nitrogens is 3. The first-order chi connectivity index (χ1) is 9.69. The second kappa shape index (κ2) is 6.81. The molecule has 0 aliphatic carbocycles. The number of nitrogens with zero attached hydrogens (tertiary/aromatic N) is 3. The number of ether oxygens (including phenoxy) is 2. The second-order valence-corrected chi connectivity index (χ2v) is 4.70. The van der Waals surface area contributed by atoms with Gasteiger partial charge in [0.05, 0.1) is 12.1 Å². The van der Waals surface area contributed by atoms with Gasteiger partial charge in [-0.2, -0.15) is 5.10 Å². The summed E-state index contributed by atoms with van der Waals surface area (Å²) < 4.78 is 12.8. The molecule has 2 aromatic rings. The van der Waals surface area contributed by atoms with Crippen LogP contribution in [0.15, 0.2) is 18.5 Å². The first-order valence-corrected chi connectivity index (χ1v) is 7.02. The van der Waals surface area contributed by atoms with Crippen LogP contribution in [0.1, 0.15) is 18.3 Å². The van der Waals surface area contributed by atoms with Gasteiger partial charge in [0.15, 0.2) is 17.3 Å². The van der Waals surface area contributed by atoms with Gasteiger partial charge in [-0.25, -0.2) is 9.67 Å². The van der Waals surface area contributed by atoms with E-state index in [4.69, 9.17) is 32.7 Å². The smallest absolute Gasteiger partial charge is 0.180 e. The molecule has 0 fully saturated rings. The van der Waals surface area contributed by atoms with Crippen molar-refractivity contribution in [2.45, 2.75) is 26.0 Å². The summed E-state index contributed by atoms with van der Waals surface area (Å²) in [5.74, 6) is 2.12. The lowest BCUT2D eigenvalue weighted by molar-refractivity contribution is 0.270. The summed E-state index contributed by atoms with van der Waals surface area (Å²) in [5.41, 5.74) is 0.873. The maximum absolute atomic E-state index is 6.20. The van der Waals surface area contributed by atoms with Crippen LogP contribution in [0.3, 0.4) is 0 Å². The summed E-state index contributed by atoms with van der Waals surface area (Å²) in [6.07, 6.45) is 1.50. The Morgan fingerprint density at radius 1 is 1.35 bits per heavy atom.